The minimum absolute atomic E-state index is 0. The van der Waals surface area contributed by atoms with Crippen LogP contribution in [0.25, 0.3) is 0 Å². The second-order valence-electron chi connectivity index (χ2n) is 5.19. The van der Waals surface area contributed by atoms with E-state index in [0.717, 1.165) is 32.0 Å². The zero-order chi connectivity index (χ0) is 15.8. The van der Waals surface area contributed by atoms with Crippen LogP contribution < -0.4 is 10.6 Å². The average molecular weight is 444 g/mol. The van der Waals surface area contributed by atoms with Gasteiger partial charge in [-0.15, -0.1) is 35.3 Å². The molecule has 0 fully saturated rings. The molecule has 2 heterocycles. The van der Waals surface area contributed by atoms with E-state index in [-0.39, 0.29) is 24.0 Å². The fourth-order valence-electron chi connectivity index (χ4n) is 2.17. The standard InChI is InChI=1S/C17H24N4S.HI/c1-4-19-17(21-12-16-6-5-14(3)22-16)20-10-8-15-7-9-18-11-13(15)2;/h5-7,9,11H,4,8,10,12H2,1-3H3,(H2,19,20,21);1H. The molecule has 2 aromatic heterocycles. The maximum Gasteiger partial charge on any atom is 0.191 e. The van der Waals surface area contributed by atoms with E-state index in [2.05, 4.69) is 59.6 Å². The second kappa shape index (κ2) is 10.6. The smallest absolute Gasteiger partial charge is 0.191 e. The summed E-state index contributed by atoms with van der Waals surface area (Å²) < 4.78 is 0. The number of thiophene rings is 1. The Bertz CT molecular complexity index is 625. The second-order valence-corrected chi connectivity index (χ2v) is 6.56. The van der Waals surface area contributed by atoms with E-state index in [4.69, 9.17) is 0 Å². The fourth-order valence-corrected chi connectivity index (χ4v) is 2.98. The van der Waals surface area contributed by atoms with Crippen molar-refractivity contribution in [2.75, 3.05) is 13.1 Å². The molecule has 0 spiro atoms. The topological polar surface area (TPSA) is 49.3 Å². The lowest BCUT2D eigenvalue weighted by Crippen LogP contribution is -2.38. The first-order chi connectivity index (χ1) is 10.7. The maximum atomic E-state index is 4.64. The Kier molecular flexibility index (Phi) is 9.16. The van der Waals surface area contributed by atoms with Gasteiger partial charge in [0.2, 0.25) is 0 Å². The van der Waals surface area contributed by atoms with Gasteiger partial charge in [-0.2, -0.15) is 0 Å². The van der Waals surface area contributed by atoms with Crippen molar-refractivity contribution in [2.45, 2.75) is 33.7 Å². The number of nitrogens with zero attached hydrogens (tertiary/aromatic N) is 2. The van der Waals surface area contributed by atoms with Crippen molar-refractivity contribution in [1.29, 1.82) is 0 Å². The monoisotopic (exact) mass is 444 g/mol. The van der Waals surface area contributed by atoms with Crippen LogP contribution in [-0.2, 0) is 13.0 Å². The SMILES string of the molecule is CCNC(=NCc1ccc(C)s1)NCCc1ccncc1C.I. The largest absolute Gasteiger partial charge is 0.357 e. The van der Waals surface area contributed by atoms with E-state index in [9.17, 15) is 0 Å². The number of hydrogen-bond acceptors (Lipinski definition) is 3. The number of rotatable bonds is 6. The van der Waals surface area contributed by atoms with Crippen molar-refractivity contribution in [1.82, 2.24) is 15.6 Å². The van der Waals surface area contributed by atoms with Crippen LogP contribution in [0.15, 0.2) is 35.6 Å². The summed E-state index contributed by atoms with van der Waals surface area (Å²) in [5.41, 5.74) is 2.56. The first-order valence-corrected chi connectivity index (χ1v) is 8.47. The Morgan fingerprint density at radius 1 is 1.22 bits per heavy atom. The van der Waals surface area contributed by atoms with Gasteiger partial charge in [-0.25, -0.2) is 4.99 Å². The van der Waals surface area contributed by atoms with Crippen LogP contribution in [0.1, 0.15) is 27.8 Å². The molecule has 2 aromatic rings. The van der Waals surface area contributed by atoms with Gasteiger partial charge in [-0.3, -0.25) is 4.98 Å². The molecule has 0 aromatic carbocycles. The van der Waals surface area contributed by atoms with Gasteiger partial charge in [-0.05, 0) is 56.5 Å². The van der Waals surface area contributed by atoms with Crippen LogP contribution in [0.3, 0.4) is 0 Å². The van der Waals surface area contributed by atoms with E-state index >= 15 is 0 Å². The first kappa shape index (κ1) is 19.9. The highest BCUT2D eigenvalue weighted by Gasteiger charge is 2.01. The van der Waals surface area contributed by atoms with Crippen LogP contribution in [0.5, 0.6) is 0 Å². The number of pyridine rings is 1. The predicted molar refractivity (Wildman–Crippen MR) is 110 cm³/mol. The molecule has 0 aliphatic rings. The minimum Gasteiger partial charge on any atom is -0.357 e. The van der Waals surface area contributed by atoms with Crippen LogP contribution in [0.2, 0.25) is 0 Å². The quantitative estimate of drug-likeness (QED) is 0.406. The molecule has 0 unspecified atom stereocenters. The summed E-state index contributed by atoms with van der Waals surface area (Å²) in [6.45, 7) is 8.75. The Labute approximate surface area is 159 Å². The van der Waals surface area contributed by atoms with Gasteiger partial charge in [0.1, 0.15) is 0 Å². The number of halogens is 1. The summed E-state index contributed by atoms with van der Waals surface area (Å²) in [5, 5.41) is 6.69. The van der Waals surface area contributed by atoms with Crippen LogP contribution in [0, 0.1) is 13.8 Å². The molecule has 0 atom stereocenters. The highest BCUT2D eigenvalue weighted by Crippen LogP contribution is 2.15. The predicted octanol–water partition coefficient (Wildman–Crippen LogP) is 3.68. The zero-order valence-electron chi connectivity index (χ0n) is 13.9. The molecule has 0 amide bonds. The van der Waals surface area contributed by atoms with Gasteiger partial charge in [-0.1, -0.05) is 0 Å². The van der Waals surface area contributed by atoms with Crippen LogP contribution in [-0.4, -0.2) is 24.0 Å². The van der Waals surface area contributed by atoms with Crippen LogP contribution in [0.4, 0.5) is 0 Å². The van der Waals surface area contributed by atoms with E-state index in [1.807, 2.05) is 12.4 Å². The number of guanidine groups is 1. The Balaban J connectivity index is 0.00000264. The van der Waals surface area contributed by atoms with Gasteiger partial charge in [0.15, 0.2) is 5.96 Å². The van der Waals surface area contributed by atoms with Crippen molar-refractivity contribution in [3.05, 3.63) is 51.5 Å². The molecule has 2 rings (SSSR count). The van der Waals surface area contributed by atoms with E-state index in [1.54, 1.807) is 11.3 Å². The molecule has 23 heavy (non-hydrogen) atoms. The summed E-state index contributed by atoms with van der Waals surface area (Å²) in [6, 6.07) is 6.37. The first-order valence-electron chi connectivity index (χ1n) is 7.66. The number of aryl methyl sites for hydroxylation is 2. The zero-order valence-corrected chi connectivity index (χ0v) is 17.1. The summed E-state index contributed by atoms with van der Waals surface area (Å²) in [6.07, 6.45) is 4.73. The molecule has 0 saturated heterocycles. The van der Waals surface area contributed by atoms with Crippen molar-refractivity contribution >= 4 is 41.3 Å². The molecular formula is C17H25IN4S. The van der Waals surface area contributed by atoms with Crippen molar-refractivity contribution in [3.63, 3.8) is 0 Å². The van der Waals surface area contributed by atoms with Gasteiger partial charge in [0, 0.05) is 35.2 Å². The Morgan fingerprint density at radius 2 is 2.04 bits per heavy atom. The molecule has 0 saturated carbocycles. The average Bonchev–Trinajstić information content (AvgIpc) is 2.92. The summed E-state index contributed by atoms with van der Waals surface area (Å²) >= 11 is 1.80. The third-order valence-corrected chi connectivity index (χ3v) is 4.34. The number of hydrogen-bond donors (Lipinski definition) is 2. The Morgan fingerprint density at radius 3 is 2.70 bits per heavy atom. The van der Waals surface area contributed by atoms with Crippen molar-refractivity contribution in [3.8, 4) is 0 Å². The van der Waals surface area contributed by atoms with Gasteiger partial charge in [0.25, 0.3) is 0 Å². The molecule has 0 bridgehead atoms. The Hall–Kier alpha value is -1.15. The summed E-state index contributed by atoms with van der Waals surface area (Å²) in [7, 11) is 0. The molecule has 0 aliphatic carbocycles. The lowest BCUT2D eigenvalue weighted by Gasteiger charge is -2.11. The van der Waals surface area contributed by atoms with E-state index in [1.165, 1.54) is 20.9 Å². The number of aliphatic imine (C=N–C) groups is 1. The van der Waals surface area contributed by atoms with Gasteiger partial charge >= 0.3 is 0 Å². The molecule has 6 heteroatoms. The van der Waals surface area contributed by atoms with Crippen LogP contribution >= 0.6 is 35.3 Å². The van der Waals surface area contributed by atoms with Gasteiger partial charge in [0.05, 0.1) is 6.54 Å². The van der Waals surface area contributed by atoms with Gasteiger partial charge < -0.3 is 10.6 Å². The minimum atomic E-state index is 0. The highest BCUT2D eigenvalue weighted by atomic mass is 127. The summed E-state index contributed by atoms with van der Waals surface area (Å²) in [4.78, 5) is 11.4. The third kappa shape index (κ3) is 6.87. The number of aromatic nitrogens is 1. The van der Waals surface area contributed by atoms with Crippen molar-refractivity contribution < 1.29 is 0 Å². The normalized spacial score (nSPS) is 11.0. The molecule has 0 aliphatic heterocycles. The molecular weight excluding hydrogens is 419 g/mol. The molecule has 126 valence electrons. The third-order valence-electron chi connectivity index (χ3n) is 3.36. The fraction of sp³-hybridized carbons (Fsp3) is 0.412. The lowest BCUT2D eigenvalue weighted by atomic mass is 10.1. The highest BCUT2D eigenvalue weighted by molar-refractivity contribution is 14.0. The van der Waals surface area contributed by atoms with Crippen molar-refractivity contribution in [2.24, 2.45) is 4.99 Å². The molecule has 0 radical (unpaired) electrons. The van der Waals surface area contributed by atoms with E-state index < -0.39 is 0 Å². The van der Waals surface area contributed by atoms with E-state index in [0.29, 0.717) is 0 Å². The molecule has 4 nitrogen and oxygen atoms in total. The number of nitrogens with one attached hydrogen (secondary N) is 2. The maximum absolute atomic E-state index is 4.64. The molecule has 2 N–H and O–H groups in total. The summed E-state index contributed by atoms with van der Waals surface area (Å²) in [5.74, 6) is 0.875. The lowest BCUT2D eigenvalue weighted by molar-refractivity contribution is 0.797.